The van der Waals surface area contributed by atoms with E-state index in [0.717, 1.165) is 6.92 Å². The number of carbonyl (C=O) groups excluding carboxylic acids is 1. The summed E-state index contributed by atoms with van der Waals surface area (Å²) in [5, 5.41) is 9.12. The summed E-state index contributed by atoms with van der Waals surface area (Å²) in [6.07, 6.45) is -8.54. The number of alkyl halides is 5. The number of carbonyl (C=O) groups is 1. The number of benzene rings is 1. The lowest BCUT2D eigenvalue weighted by molar-refractivity contribution is -0.139. The van der Waals surface area contributed by atoms with Crippen LogP contribution in [0.1, 0.15) is 34.8 Å². The second-order valence-electron chi connectivity index (χ2n) is 3.31. The number of phenols is 1. The fourth-order valence-corrected chi connectivity index (χ4v) is 1.31. The first kappa shape index (κ1) is 13.4. The first-order valence-electron chi connectivity index (χ1n) is 4.37. The molecule has 0 saturated carbocycles. The van der Waals surface area contributed by atoms with Crippen LogP contribution in [0.15, 0.2) is 12.1 Å². The molecule has 0 bridgehead atoms. The summed E-state index contributed by atoms with van der Waals surface area (Å²) in [6, 6.07) is 0.905. The third kappa shape index (κ3) is 2.72. The van der Waals surface area contributed by atoms with Gasteiger partial charge in [0.05, 0.1) is 11.1 Å². The fourth-order valence-electron chi connectivity index (χ4n) is 1.31. The van der Waals surface area contributed by atoms with Crippen molar-refractivity contribution < 1.29 is 31.9 Å². The standard InChI is InChI=1S/C10H7F5O2/c1-4(16)5-2-6(10(13,14)15)8(9(11)12)7(17)3-5/h2-3,9,17H,1H3. The molecule has 1 aromatic carbocycles. The second-order valence-corrected chi connectivity index (χ2v) is 3.31. The Morgan fingerprint density at radius 3 is 2.18 bits per heavy atom. The first-order chi connectivity index (χ1) is 7.64. The van der Waals surface area contributed by atoms with E-state index in [1.54, 1.807) is 0 Å². The zero-order chi connectivity index (χ0) is 13.4. The maximum atomic E-state index is 12.5. The molecule has 0 saturated heterocycles. The predicted molar refractivity (Wildman–Crippen MR) is 48.1 cm³/mol. The van der Waals surface area contributed by atoms with Gasteiger partial charge in [-0.1, -0.05) is 0 Å². The molecule has 0 aliphatic rings. The summed E-state index contributed by atoms with van der Waals surface area (Å²) in [4.78, 5) is 10.9. The Bertz CT molecular complexity index is 451. The van der Waals surface area contributed by atoms with E-state index >= 15 is 0 Å². The Kier molecular flexibility index (Phi) is 3.40. The number of hydrogen-bond donors (Lipinski definition) is 1. The van der Waals surface area contributed by atoms with Crippen molar-refractivity contribution in [2.75, 3.05) is 0 Å². The number of phenolic OH excluding ortho intramolecular Hbond substituents is 1. The Hall–Kier alpha value is -1.66. The molecule has 0 unspecified atom stereocenters. The van der Waals surface area contributed by atoms with Crippen LogP contribution in [0, 0.1) is 0 Å². The van der Waals surface area contributed by atoms with Gasteiger partial charge in [0.1, 0.15) is 5.75 Å². The molecule has 0 aliphatic carbocycles. The summed E-state index contributed by atoms with van der Waals surface area (Å²) in [6.45, 7) is 0.969. The van der Waals surface area contributed by atoms with Crippen molar-refractivity contribution in [1.29, 1.82) is 0 Å². The molecule has 0 aliphatic heterocycles. The number of halogens is 5. The minimum absolute atomic E-state index is 0.309. The highest BCUT2D eigenvalue weighted by Crippen LogP contribution is 2.41. The van der Waals surface area contributed by atoms with Gasteiger partial charge in [0.25, 0.3) is 6.43 Å². The minimum atomic E-state index is -5.06. The third-order valence-corrected chi connectivity index (χ3v) is 2.09. The maximum absolute atomic E-state index is 12.5. The molecule has 17 heavy (non-hydrogen) atoms. The SMILES string of the molecule is CC(=O)c1cc(O)c(C(F)F)c(C(F)(F)F)c1. The second kappa shape index (κ2) is 4.31. The normalized spacial score (nSPS) is 11.9. The third-order valence-electron chi connectivity index (χ3n) is 2.09. The van der Waals surface area contributed by atoms with Crippen LogP contribution in [0.4, 0.5) is 22.0 Å². The summed E-state index contributed by atoms with van der Waals surface area (Å²) in [5.41, 5.74) is -3.68. The van der Waals surface area contributed by atoms with Crippen molar-refractivity contribution in [2.45, 2.75) is 19.5 Å². The van der Waals surface area contributed by atoms with Gasteiger partial charge in [-0.2, -0.15) is 13.2 Å². The predicted octanol–water partition coefficient (Wildman–Crippen LogP) is 3.55. The monoisotopic (exact) mass is 254 g/mol. The zero-order valence-electron chi connectivity index (χ0n) is 8.48. The van der Waals surface area contributed by atoms with E-state index in [9.17, 15) is 26.7 Å². The summed E-state index contributed by atoms with van der Waals surface area (Å²) in [7, 11) is 0. The van der Waals surface area contributed by atoms with Gasteiger partial charge < -0.3 is 5.11 Å². The topological polar surface area (TPSA) is 37.3 Å². The van der Waals surface area contributed by atoms with E-state index in [2.05, 4.69) is 0 Å². The van der Waals surface area contributed by atoms with Crippen molar-refractivity contribution in [1.82, 2.24) is 0 Å². The zero-order valence-corrected chi connectivity index (χ0v) is 8.48. The smallest absolute Gasteiger partial charge is 0.417 e. The summed E-state index contributed by atoms with van der Waals surface area (Å²) >= 11 is 0. The van der Waals surface area contributed by atoms with E-state index in [-0.39, 0.29) is 0 Å². The van der Waals surface area contributed by atoms with Crippen LogP contribution in [-0.4, -0.2) is 10.9 Å². The molecular formula is C10H7F5O2. The van der Waals surface area contributed by atoms with Crippen molar-refractivity contribution in [3.05, 3.63) is 28.8 Å². The van der Waals surface area contributed by atoms with E-state index in [1.807, 2.05) is 0 Å². The number of rotatable bonds is 2. The average Bonchev–Trinajstić information content (AvgIpc) is 2.14. The molecule has 0 aromatic heterocycles. The highest BCUT2D eigenvalue weighted by atomic mass is 19.4. The average molecular weight is 254 g/mol. The van der Waals surface area contributed by atoms with Crippen LogP contribution in [-0.2, 0) is 6.18 Å². The van der Waals surface area contributed by atoms with Gasteiger partial charge in [0, 0.05) is 5.56 Å². The molecule has 7 heteroatoms. The van der Waals surface area contributed by atoms with Crippen LogP contribution >= 0.6 is 0 Å². The van der Waals surface area contributed by atoms with Crippen molar-refractivity contribution in [3.63, 3.8) is 0 Å². The summed E-state index contributed by atoms with van der Waals surface area (Å²) in [5.74, 6) is -1.99. The van der Waals surface area contributed by atoms with Crippen molar-refractivity contribution in [3.8, 4) is 5.75 Å². The number of Topliss-reactive ketones (excluding diaryl/α,β-unsaturated/α-hetero) is 1. The Labute approximate surface area is 92.7 Å². The molecule has 0 atom stereocenters. The molecule has 94 valence electrons. The minimum Gasteiger partial charge on any atom is -0.507 e. The molecule has 0 spiro atoms. The molecule has 1 aromatic rings. The van der Waals surface area contributed by atoms with Gasteiger partial charge in [-0.05, 0) is 19.1 Å². The molecule has 0 amide bonds. The fraction of sp³-hybridized carbons (Fsp3) is 0.300. The van der Waals surface area contributed by atoms with E-state index in [4.69, 9.17) is 5.11 Å². The van der Waals surface area contributed by atoms with Gasteiger partial charge in [0.15, 0.2) is 5.78 Å². The van der Waals surface area contributed by atoms with Crippen molar-refractivity contribution >= 4 is 5.78 Å². The molecule has 1 rings (SSSR count). The number of ketones is 1. The Balaban J connectivity index is 3.57. The van der Waals surface area contributed by atoms with E-state index in [1.165, 1.54) is 0 Å². The van der Waals surface area contributed by atoms with Gasteiger partial charge in [-0.15, -0.1) is 0 Å². The first-order valence-corrected chi connectivity index (χ1v) is 4.37. The number of aromatic hydroxyl groups is 1. The summed E-state index contributed by atoms with van der Waals surface area (Å²) < 4.78 is 62.2. The lowest BCUT2D eigenvalue weighted by Crippen LogP contribution is -2.11. The molecule has 0 heterocycles. The lowest BCUT2D eigenvalue weighted by Gasteiger charge is -2.14. The Morgan fingerprint density at radius 2 is 1.82 bits per heavy atom. The molecule has 2 nitrogen and oxygen atoms in total. The number of hydrogen-bond acceptors (Lipinski definition) is 2. The molecule has 0 fully saturated rings. The highest BCUT2D eigenvalue weighted by molar-refractivity contribution is 5.94. The quantitative estimate of drug-likeness (QED) is 0.647. The van der Waals surface area contributed by atoms with Crippen LogP contribution in [0.25, 0.3) is 0 Å². The van der Waals surface area contributed by atoms with Crippen LogP contribution in [0.2, 0.25) is 0 Å². The lowest BCUT2D eigenvalue weighted by atomic mass is 10.0. The van der Waals surface area contributed by atoms with E-state index < -0.39 is 40.8 Å². The van der Waals surface area contributed by atoms with E-state index in [0.29, 0.717) is 12.1 Å². The van der Waals surface area contributed by atoms with Gasteiger partial charge in [0.2, 0.25) is 0 Å². The van der Waals surface area contributed by atoms with Crippen molar-refractivity contribution in [2.24, 2.45) is 0 Å². The molecule has 1 N–H and O–H groups in total. The van der Waals surface area contributed by atoms with Gasteiger partial charge in [-0.3, -0.25) is 4.79 Å². The van der Waals surface area contributed by atoms with Crippen LogP contribution in [0.5, 0.6) is 5.75 Å². The molecule has 0 radical (unpaired) electrons. The maximum Gasteiger partial charge on any atom is 0.417 e. The molecular weight excluding hydrogens is 247 g/mol. The highest BCUT2D eigenvalue weighted by Gasteiger charge is 2.38. The van der Waals surface area contributed by atoms with Crippen LogP contribution in [0.3, 0.4) is 0 Å². The van der Waals surface area contributed by atoms with Gasteiger partial charge >= 0.3 is 6.18 Å². The largest absolute Gasteiger partial charge is 0.507 e. The Morgan fingerprint density at radius 1 is 1.29 bits per heavy atom. The van der Waals surface area contributed by atoms with Crippen LogP contribution < -0.4 is 0 Å². The van der Waals surface area contributed by atoms with Gasteiger partial charge in [-0.25, -0.2) is 8.78 Å².